The number of hydrogen-bond donors (Lipinski definition) is 2. The first-order valence-electron chi connectivity index (χ1n) is 6.87. The summed E-state index contributed by atoms with van der Waals surface area (Å²) in [4.78, 5) is 23.5. The lowest BCUT2D eigenvalue weighted by molar-refractivity contribution is -0.142. The van der Waals surface area contributed by atoms with Crippen LogP contribution in [0.1, 0.15) is 18.4 Å². The van der Waals surface area contributed by atoms with Crippen molar-refractivity contribution in [2.45, 2.75) is 25.3 Å². The Kier molecular flexibility index (Phi) is 6.95. The number of carbonyl (C=O) groups is 2. The van der Waals surface area contributed by atoms with Crippen LogP contribution in [0.4, 0.5) is 0 Å². The topological polar surface area (TPSA) is 66.4 Å². The third kappa shape index (κ3) is 5.65. The van der Waals surface area contributed by atoms with Crippen LogP contribution in [-0.2, 0) is 16.0 Å². The van der Waals surface area contributed by atoms with Crippen LogP contribution in [0.5, 0.6) is 0 Å². The minimum Gasteiger partial charge on any atom is -0.480 e. The van der Waals surface area contributed by atoms with Gasteiger partial charge in [0.05, 0.1) is 0 Å². The Hall–Kier alpha value is -2.36. The van der Waals surface area contributed by atoms with E-state index < -0.39 is 12.0 Å². The summed E-state index contributed by atoms with van der Waals surface area (Å²) in [7, 11) is 0. The largest absolute Gasteiger partial charge is 0.480 e. The lowest BCUT2D eigenvalue weighted by Crippen LogP contribution is -2.44. The molecular weight excluding hydrogens is 266 g/mol. The number of benzene rings is 1. The number of nitrogens with one attached hydrogen (secondary N) is 1. The van der Waals surface area contributed by atoms with E-state index in [0.717, 1.165) is 5.56 Å². The summed E-state index contributed by atoms with van der Waals surface area (Å²) in [6, 6.07) is 8.29. The zero-order valence-corrected chi connectivity index (χ0v) is 12.0. The van der Waals surface area contributed by atoms with Gasteiger partial charge < -0.3 is 10.4 Å². The maximum Gasteiger partial charge on any atom is 0.326 e. The second kappa shape index (κ2) is 8.74. The lowest BCUT2D eigenvalue weighted by Gasteiger charge is -2.19. The van der Waals surface area contributed by atoms with Gasteiger partial charge in [0.1, 0.15) is 6.04 Å². The molecular formula is C17H21NO3. The highest BCUT2D eigenvalue weighted by atomic mass is 16.4. The predicted molar refractivity (Wildman–Crippen MR) is 82.8 cm³/mol. The van der Waals surface area contributed by atoms with Crippen LogP contribution in [0.2, 0.25) is 0 Å². The first-order chi connectivity index (χ1) is 10.1. The van der Waals surface area contributed by atoms with Gasteiger partial charge in [0, 0.05) is 12.3 Å². The quantitative estimate of drug-likeness (QED) is 0.686. The highest BCUT2D eigenvalue weighted by molar-refractivity contribution is 5.85. The van der Waals surface area contributed by atoms with Crippen LogP contribution in [0.3, 0.4) is 0 Å². The summed E-state index contributed by atoms with van der Waals surface area (Å²) in [5, 5.41) is 11.9. The van der Waals surface area contributed by atoms with Crippen molar-refractivity contribution in [3.05, 3.63) is 61.2 Å². The zero-order valence-electron chi connectivity index (χ0n) is 12.0. The van der Waals surface area contributed by atoms with Crippen LogP contribution in [0, 0.1) is 5.92 Å². The maximum absolute atomic E-state index is 12.2. The molecule has 0 fully saturated rings. The number of rotatable bonds is 9. The molecule has 0 saturated heterocycles. The monoisotopic (exact) mass is 287 g/mol. The summed E-state index contributed by atoms with van der Waals surface area (Å²) in [5.74, 6) is -1.64. The fraction of sp³-hybridized carbons (Fsp3) is 0.294. The van der Waals surface area contributed by atoms with Crippen molar-refractivity contribution in [1.29, 1.82) is 0 Å². The predicted octanol–water partition coefficient (Wildman–Crippen LogP) is 2.57. The van der Waals surface area contributed by atoms with Crippen molar-refractivity contribution in [1.82, 2.24) is 5.32 Å². The van der Waals surface area contributed by atoms with Gasteiger partial charge >= 0.3 is 5.97 Å². The van der Waals surface area contributed by atoms with Crippen molar-refractivity contribution in [3.8, 4) is 0 Å². The molecule has 0 unspecified atom stereocenters. The molecule has 0 spiro atoms. The Bertz CT molecular complexity index is 486. The van der Waals surface area contributed by atoms with E-state index >= 15 is 0 Å². The SMILES string of the molecule is C=CCC(CC=C)C(=O)N[C@@H](Cc1ccccc1)C(=O)O. The van der Waals surface area contributed by atoms with Crippen molar-refractivity contribution in [2.75, 3.05) is 0 Å². The van der Waals surface area contributed by atoms with Crippen LogP contribution < -0.4 is 5.32 Å². The van der Waals surface area contributed by atoms with Crippen molar-refractivity contribution < 1.29 is 14.7 Å². The van der Waals surface area contributed by atoms with Gasteiger partial charge in [0.15, 0.2) is 0 Å². The van der Waals surface area contributed by atoms with E-state index in [1.165, 1.54) is 0 Å². The summed E-state index contributed by atoms with van der Waals surface area (Å²) >= 11 is 0. The molecule has 4 heteroatoms. The summed E-state index contributed by atoms with van der Waals surface area (Å²) in [6.45, 7) is 7.23. The molecule has 4 nitrogen and oxygen atoms in total. The van der Waals surface area contributed by atoms with Gasteiger partial charge in [-0.05, 0) is 18.4 Å². The van der Waals surface area contributed by atoms with E-state index in [1.807, 2.05) is 30.3 Å². The molecule has 1 rings (SSSR count). The van der Waals surface area contributed by atoms with Gasteiger partial charge in [-0.2, -0.15) is 0 Å². The Morgan fingerprint density at radius 3 is 2.19 bits per heavy atom. The highest BCUT2D eigenvalue weighted by Gasteiger charge is 2.24. The Balaban J connectivity index is 2.73. The van der Waals surface area contributed by atoms with Gasteiger partial charge in [-0.15, -0.1) is 13.2 Å². The molecule has 21 heavy (non-hydrogen) atoms. The smallest absolute Gasteiger partial charge is 0.326 e. The molecule has 0 aliphatic rings. The zero-order chi connectivity index (χ0) is 15.7. The van der Waals surface area contributed by atoms with Gasteiger partial charge in [-0.1, -0.05) is 42.5 Å². The third-order valence-corrected chi connectivity index (χ3v) is 3.17. The minimum atomic E-state index is -1.04. The standard InChI is InChI=1S/C17H21NO3/c1-3-8-14(9-4-2)16(19)18-15(17(20)21)12-13-10-6-5-7-11-13/h3-7,10-11,14-15H,1-2,8-9,12H2,(H,18,19)(H,20,21)/t15-/m0/s1. The van der Waals surface area contributed by atoms with Gasteiger partial charge in [-0.3, -0.25) is 4.79 Å². The molecule has 1 aromatic rings. The molecule has 0 heterocycles. The molecule has 0 aliphatic heterocycles. The number of carbonyl (C=O) groups excluding carboxylic acids is 1. The first kappa shape index (κ1) is 16.7. The van der Waals surface area contributed by atoms with Crippen LogP contribution in [0.15, 0.2) is 55.6 Å². The van der Waals surface area contributed by atoms with Gasteiger partial charge in [0.2, 0.25) is 5.91 Å². The number of hydrogen-bond acceptors (Lipinski definition) is 2. The number of allylic oxidation sites excluding steroid dienone is 2. The average molecular weight is 287 g/mol. The van der Waals surface area contributed by atoms with Crippen LogP contribution in [-0.4, -0.2) is 23.0 Å². The second-order valence-electron chi connectivity index (χ2n) is 4.83. The van der Waals surface area contributed by atoms with Gasteiger partial charge in [-0.25, -0.2) is 4.79 Å². The molecule has 0 aromatic heterocycles. The highest BCUT2D eigenvalue weighted by Crippen LogP contribution is 2.11. The number of aliphatic carboxylic acids is 1. The lowest BCUT2D eigenvalue weighted by atomic mass is 9.99. The molecule has 0 bridgehead atoms. The fourth-order valence-electron chi connectivity index (χ4n) is 2.05. The summed E-state index contributed by atoms with van der Waals surface area (Å²) < 4.78 is 0. The van der Waals surface area contributed by atoms with E-state index in [9.17, 15) is 14.7 Å². The Morgan fingerprint density at radius 1 is 1.14 bits per heavy atom. The van der Waals surface area contributed by atoms with Crippen molar-refractivity contribution in [2.24, 2.45) is 5.92 Å². The van der Waals surface area contributed by atoms with E-state index in [1.54, 1.807) is 12.2 Å². The van der Waals surface area contributed by atoms with Crippen LogP contribution in [0.25, 0.3) is 0 Å². The molecule has 2 N–H and O–H groups in total. The van der Waals surface area contributed by atoms with E-state index in [4.69, 9.17) is 0 Å². The van der Waals surface area contributed by atoms with E-state index in [0.29, 0.717) is 12.8 Å². The normalized spacial score (nSPS) is 11.7. The number of amides is 1. The minimum absolute atomic E-state index is 0.261. The molecule has 0 radical (unpaired) electrons. The van der Waals surface area contributed by atoms with E-state index in [-0.39, 0.29) is 18.2 Å². The van der Waals surface area contributed by atoms with E-state index in [2.05, 4.69) is 18.5 Å². The molecule has 1 atom stereocenters. The Morgan fingerprint density at radius 2 is 1.71 bits per heavy atom. The molecule has 0 aliphatic carbocycles. The first-order valence-corrected chi connectivity index (χ1v) is 6.87. The molecule has 0 saturated carbocycles. The third-order valence-electron chi connectivity index (χ3n) is 3.17. The second-order valence-corrected chi connectivity index (χ2v) is 4.83. The Labute approximate surface area is 125 Å². The fourth-order valence-corrected chi connectivity index (χ4v) is 2.05. The number of carboxylic acid groups (broad SMARTS) is 1. The van der Waals surface area contributed by atoms with Gasteiger partial charge in [0.25, 0.3) is 0 Å². The molecule has 112 valence electrons. The van der Waals surface area contributed by atoms with Crippen molar-refractivity contribution >= 4 is 11.9 Å². The van der Waals surface area contributed by atoms with Crippen LogP contribution >= 0.6 is 0 Å². The maximum atomic E-state index is 12.2. The van der Waals surface area contributed by atoms with Crippen molar-refractivity contribution in [3.63, 3.8) is 0 Å². The molecule has 1 amide bonds. The molecule has 1 aromatic carbocycles. The average Bonchev–Trinajstić information content (AvgIpc) is 2.47. The summed E-state index contributed by atoms with van der Waals surface area (Å²) in [5.41, 5.74) is 0.870. The number of carboxylic acids is 1. The summed E-state index contributed by atoms with van der Waals surface area (Å²) in [6.07, 6.45) is 4.56.